The minimum absolute atomic E-state index is 0.0223. The highest BCUT2D eigenvalue weighted by atomic mass is 19.1. The number of amides is 2. The summed E-state index contributed by atoms with van der Waals surface area (Å²) >= 11 is 0. The highest BCUT2D eigenvalue weighted by Crippen LogP contribution is 2.43. The van der Waals surface area contributed by atoms with Gasteiger partial charge in [-0.1, -0.05) is 47.6 Å². The van der Waals surface area contributed by atoms with E-state index in [4.69, 9.17) is 9.57 Å². The molecule has 3 aromatic rings. The number of pyridine rings is 1. The van der Waals surface area contributed by atoms with Gasteiger partial charge >= 0.3 is 0 Å². The first-order valence-electron chi connectivity index (χ1n) is 13.7. The van der Waals surface area contributed by atoms with Crippen molar-refractivity contribution in [2.75, 3.05) is 13.2 Å². The Morgan fingerprint density at radius 3 is 2.72 bits per heavy atom. The number of benzene rings is 2. The predicted octanol–water partition coefficient (Wildman–Crippen LogP) is 3.10. The molecule has 0 unspecified atom stereocenters. The molecule has 1 spiro atoms. The lowest BCUT2D eigenvalue weighted by molar-refractivity contribution is -0.0317. The molecule has 2 aromatic carbocycles. The Morgan fingerprint density at radius 2 is 2.00 bits per heavy atom. The van der Waals surface area contributed by atoms with Crippen molar-refractivity contribution in [3.05, 3.63) is 111 Å². The third-order valence-corrected chi connectivity index (χ3v) is 8.01. The molecular formula is C31H28F2N4O6. The fraction of sp³-hybridized carbons (Fsp3) is 0.290. The average molecular weight is 591 g/mol. The molecule has 3 aliphatic rings. The molecule has 1 aromatic heterocycles. The second-order valence-corrected chi connectivity index (χ2v) is 10.8. The fourth-order valence-electron chi connectivity index (χ4n) is 5.66. The monoisotopic (exact) mass is 590 g/mol. The standard InChI is InChI=1S/C31H28F2N4O6/c1-18-9-10-31(12-22(16-38)35-43-31)25-15-36(18)30(41)26-28(42-17-19-5-3-2-4-6-19)27(39)23(14-37(25)26)29(40)34-13-20-7-8-21(32)11-24(20)33/h2-11,14,18,25,38H,12-13,15-17H2,1H3,(H,34,40)/t18-,25+,31-/m0/s1. The molecule has 0 saturated heterocycles. The van der Waals surface area contributed by atoms with E-state index in [9.17, 15) is 28.3 Å². The SMILES string of the molecule is C[C@H]1C=C[C@]2(CC(CO)=NO2)[C@H]2CN1C(=O)c1c(OCc3ccccc3)c(=O)c(C(=O)NCc3ccc(F)cc3F)cn12. The van der Waals surface area contributed by atoms with Crippen LogP contribution in [0.3, 0.4) is 0 Å². The number of carbonyl (C=O) groups is 2. The molecule has 0 saturated carbocycles. The molecule has 2 bridgehead atoms. The maximum atomic E-state index is 14.2. The number of aromatic nitrogens is 1. The largest absolute Gasteiger partial charge is 0.483 e. The number of nitrogens with zero attached hydrogens (tertiary/aromatic N) is 3. The third kappa shape index (κ3) is 5.07. The predicted molar refractivity (Wildman–Crippen MR) is 151 cm³/mol. The van der Waals surface area contributed by atoms with Crippen molar-refractivity contribution >= 4 is 17.5 Å². The van der Waals surface area contributed by atoms with Crippen molar-refractivity contribution in [3.8, 4) is 5.75 Å². The highest BCUT2D eigenvalue weighted by Gasteiger charge is 2.52. The lowest BCUT2D eigenvalue weighted by atomic mass is 9.87. The number of aliphatic hydroxyl groups is 1. The van der Waals surface area contributed by atoms with E-state index in [1.165, 1.54) is 16.8 Å². The van der Waals surface area contributed by atoms with Crippen molar-refractivity contribution < 1.29 is 33.1 Å². The number of halogens is 2. The molecular weight excluding hydrogens is 562 g/mol. The number of hydrogen-bond acceptors (Lipinski definition) is 7. The van der Waals surface area contributed by atoms with E-state index in [0.29, 0.717) is 11.8 Å². The smallest absolute Gasteiger partial charge is 0.275 e. The summed E-state index contributed by atoms with van der Waals surface area (Å²) in [7, 11) is 0. The van der Waals surface area contributed by atoms with Crippen molar-refractivity contribution in [1.82, 2.24) is 14.8 Å². The first kappa shape index (κ1) is 28.3. The minimum atomic E-state index is -1.12. The maximum Gasteiger partial charge on any atom is 0.275 e. The van der Waals surface area contributed by atoms with Crippen LogP contribution >= 0.6 is 0 Å². The topological polar surface area (TPSA) is 122 Å². The molecule has 0 fully saturated rings. The molecule has 12 heteroatoms. The molecule has 3 aliphatic heterocycles. The Labute approximate surface area is 244 Å². The summed E-state index contributed by atoms with van der Waals surface area (Å²) in [4.78, 5) is 48.7. The van der Waals surface area contributed by atoms with Gasteiger partial charge in [-0.3, -0.25) is 14.4 Å². The molecule has 0 radical (unpaired) electrons. The van der Waals surface area contributed by atoms with Gasteiger partial charge in [0.25, 0.3) is 11.8 Å². The second kappa shape index (κ2) is 11.1. The molecule has 4 heterocycles. The van der Waals surface area contributed by atoms with Crippen LogP contribution in [0.15, 0.2) is 76.8 Å². The molecule has 43 heavy (non-hydrogen) atoms. The number of nitrogens with one attached hydrogen (secondary N) is 1. The normalized spacial score (nSPS) is 22.1. The summed E-state index contributed by atoms with van der Waals surface area (Å²) in [5.74, 6) is -3.22. The zero-order valence-electron chi connectivity index (χ0n) is 23.1. The number of rotatable bonds is 7. The van der Waals surface area contributed by atoms with Crippen LogP contribution in [0.1, 0.15) is 51.4 Å². The van der Waals surface area contributed by atoms with E-state index in [1.807, 2.05) is 19.1 Å². The van der Waals surface area contributed by atoms with Crippen molar-refractivity contribution in [1.29, 1.82) is 0 Å². The molecule has 3 atom stereocenters. The van der Waals surface area contributed by atoms with Gasteiger partial charge in [0.15, 0.2) is 17.0 Å². The summed E-state index contributed by atoms with van der Waals surface area (Å²) in [5.41, 5.74) is -1.16. The Hall–Kier alpha value is -4.84. The first-order valence-corrected chi connectivity index (χ1v) is 13.7. The average Bonchev–Trinajstić information content (AvgIpc) is 3.38. The maximum absolute atomic E-state index is 14.2. The van der Waals surface area contributed by atoms with Crippen LogP contribution in [0.2, 0.25) is 0 Å². The fourth-order valence-corrected chi connectivity index (χ4v) is 5.66. The van der Waals surface area contributed by atoms with E-state index in [1.54, 1.807) is 35.2 Å². The van der Waals surface area contributed by atoms with Gasteiger partial charge in [0.05, 0.1) is 18.4 Å². The third-order valence-electron chi connectivity index (χ3n) is 8.01. The molecule has 2 N–H and O–H groups in total. The quantitative estimate of drug-likeness (QED) is 0.408. The Morgan fingerprint density at radius 1 is 1.21 bits per heavy atom. The van der Waals surface area contributed by atoms with Crippen LogP contribution in [0, 0.1) is 11.6 Å². The van der Waals surface area contributed by atoms with Crippen molar-refractivity contribution in [3.63, 3.8) is 0 Å². The zero-order valence-corrected chi connectivity index (χ0v) is 23.1. The zero-order chi connectivity index (χ0) is 30.3. The van der Waals surface area contributed by atoms with Gasteiger partial charge in [-0.15, -0.1) is 0 Å². The Kier molecular flexibility index (Phi) is 7.30. The van der Waals surface area contributed by atoms with E-state index < -0.39 is 40.5 Å². The van der Waals surface area contributed by atoms with Crippen molar-refractivity contribution in [2.45, 2.75) is 44.2 Å². The molecule has 10 nitrogen and oxygen atoms in total. The van der Waals surface area contributed by atoms with Crippen LogP contribution in [-0.4, -0.2) is 56.9 Å². The summed E-state index contributed by atoms with van der Waals surface area (Å²) in [6.45, 7) is 1.30. The minimum Gasteiger partial charge on any atom is -0.483 e. The van der Waals surface area contributed by atoms with E-state index in [0.717, 1.165) is 11.6 Å². The first-order chi connectivity index (χ1) is 20.7. The second-order valence-electron chi connectivity index (χ2n) is 10.8. The van der Waals surface area contributed by atoms with Crippen LogP contribution in [0.4, 0.5) is 8.78 Å². The Balaban J connectivity index is 1.45. The summed E-state index contributed by atoms with van der Waals surface area (Å²) in [6, 6.07) is 11.0. The van der Waals surface area contributed by atoms with Crippen molar-refractivity contribution in [2.24, 2.45) is 5.16 Å². The van der Waals surface area contributed by atoms with Crippen LogP contribution in [0.5, 0.6) is 5.75 Å². The number of ether oxygens (including phenoxy) is 1. The van der Waals surface area contributed by atoms with E-state index in [-0.39, 0.29) is 61.3 Å². The van der Waals surface area contributed by atoms with Crippen LogP contribution in [-0.2, 0) is 18.0 Å². The lowest BCUT2D eigenvalue weighted by Gasteiger charge is -2.42. The number of fused-ring (bicyclic) bond motifs is 5. The van der Waals surface area contributed by atoms with Gasteiger partial charge in [-0.25, -0.2) is 8.78 Å². The number of carbonyl (C=O) groups excluding carboxylic acids is 2. The van der Waals surface area contributed by atoms with Crippen LogP contribution < -0.4 is 15.5 Å². The molecule has 222 valence electrons. The summed E-state index contributed by atoms with van der Waals surface area (Å²) < 4.78 is 35.2. The lowest BCUT2D eigenvalue weighted by Crippen LogP contribution is -2.53. The Bertz CT molecular complexity index is 1720. The molecule has 0 aliphatic carbocycles. The number of oxime groups is 1. The van der Waals surface area contributed by atoms with Gasteiger partial charge in [0, 0.05) is 43.4 Å². The van der Waals surface area contributed by atoms with Gasteiger partial charge in [-0.05, 0) is 24.6 Å². The van der Waals surface area contributed by atoms with Gasteiger partial charge < -0.3 is 29.5 Å². The number of hydrogen-bond donors (Lipinski definition) is 2. The highest BCUT2D eigenvalue weighted by molar-refractivity contribution is 5.99. The molecule has 6 rings (SSSR count). The van der Waals surface area contributed by atoms with E-state index in [2.05, 4.69) is 10.5 Å². The number of aliphatic hydroxyl groups excluding tert-OH is 1. The van der Waals surface area contributed by atoms with Crippen LogP contribution in [0.25, 0.3) is 0 Å². The summed E-state index contributed by atoms with van der Waals surface area (Å²) in [6.07, 6.45) is 5.12. The summed E-state index contributed by atoms with van der Waals surface area (Å²) in [5, 5.41) is 16.3. The van der Waals surface area contributed by atoms with Gasteiger partial charge in [0.1, 0.15) is 23.8 Å². The molecule has 2 amide bonds. The van der Waals surface area contributed by atoms with E-state index >= 15 is 0 Å². The van der Waals surface area contributed by atoms with Gasteiger partial charge in [0.2, 0.25) is 5.43 Å². The van der Waals surface area contributed by atoms with Gasteiger partial charge in [-0.2, -0.15) is 0 Å².